The molecule has 0 unspecified atom stereocenters. The monoisotopic (exact) mass is 402 g/mol. The molecule has 3 aromatic carbocycles. The summed E-state index contributed by atoms with van der Waals surface area (Å²) in [5.41, 5.74) is 10.9. The fourth-order valence-corrected chi connectivity index (χ4v) is 3.36. The highest BCUT2D eigenvalue weighted by Crippen LogP contribution is 2.28. The largest absolute Gasteiger partial charge is 0.383 e. The Balaban J connectivity index is 1.92. The Kier molecular flexibility index (Phi) is 6.21. The Morgan fingerprint density at radius 3 is 2.30 bits per heavy atom. The lowest BCUT2D eigenvalue weighted by Gasteiger charge is -2.12. The second-order valence-corrected chi connectivity index (χ2v) is 7.09. The van der Waals surface area contributed by atoms with Gasteiger partial charge in [0.25, 0.3) is 5.91 Å². The van der Waals surface area contributed by atoms with Gasteiger partial charge in [0.05, 0.1) is 5.56 Å². The Morgan fingerprint density at radius 1 is 0.967 bits per heavy atom. The topological polar surface area (TPSA) is 72.5 Å². The van der Waals surface area contributed by atoms with E-state index in [-0.39, 0.29) is 22.7 Å². The number of hydrogen-bond donors (Lipinski definition) is 1. The van der Waals surface area contributed by atoms with E-state index in [4.69, 9.17) is 5.73 Å². The highest BCUT2D eigenvalue weighted by atomic mass is 19.1. The molecule has 3 aromatic rings. The summed E-state index contributed by atoms with van der Waals surface area (Å²) in [5, 5.41) is 0. The molecule has 4 nitrogen and oxygen atoms in total. The highest BCUT2D eigenvalue weighted by molar-refractivity contribution is 6.09. The van der Waals surface area contributed by atoms with Crippen molar-refractivity contribution < 1.29 is 14.0 Å². The zero-order valence-electron chi connectivity index (χ0n) is 17.2. The molecule has 5 heteroatoms. The first-order chi connectivity index (χ1) is 14.3. The Hall–Kier alpha value is -3.60. The van der Waals surface area contributed by atoms with Crippen LogP contribution in [0.3, 0.4) is 0 Å². The second kappa shape index (κ2) is 8.82. The third kappa shape index (κ3) is 4.35. The van der Waals surface area contributed by atoms with Crippen LogP contribution in [0.15, 0.2) is 65.7 Å². The van der Waals surface area contributed by atoms with Gasteiger partial charge >= 0.3 is 0 Å². The number of halogens is 1. The molecule has 0 aliphatic carbocycles. The van der Waals surface area contributed by atoms with Gasteiger partial charge in [-0.05, 0) is 66.8 Å². The average Bonchev–Trinajstić information content (AvgIpc) is 2.73. The summed E-state index contributed by atoms with van der Waals surface area (Å²) in [6.07, 6.45) is 0.752. The first kappa shape index (κ1) is 21.1. The van der Waals surface area contributed by atoms with Crippen LogP contribution in [-0.4, -0.2) is 17.5 Å². The molecule has 3 rings (SSSR count). The number of hydrogen-bond acceptors (Lipinski definition) is 2. The van der Waals surface area contributed by atoms with E-state index in [0.717, 1.165) is 34.7 Å². The minimum atomic E-state index is -0.693. The van der Waals surface area contributed by atoms with Gasteiger partial charge in [0, 0.05) is 11.1 Å². The van der Waals surface area contributed by atoms with Crippen LogP contribution < -0.4 is 5.73 Å². The van der Waals surface area contributed by atoms with Crippen molar-refractivity contribution in [3.63, 3.8) is 0 Å². The van der Waals surface area contributed by atoms with Gasteiger partial charge in [0.15, 0.2) is 5.78 Å². The molecule has 0 aliphatic heterocycles. The van der Waals surface area contributed by atoms with Gasteiger partial charge in [-0.2, -0.15) is 4.99 Å². The summed E-state index contributed by atoms with van der Waals surface area (Å²) in [7, 11) is 0. The normalized spacial score (nSPS) is 11.4. The smallest absolute Gasteiger partial charge is 0.278 e. The van der Waals surface area contributed by atoms with E-state index in [9.17, 15) is 14.0 Å². The number of benzene rings is 3. The first-order valence-electron chi connectivity index (χ1n) is 9.70. The van der Waals surface area contributed by atoms with Crippen LogP contribution in [0.1, 0.15) is 51.3 Å². The lowest BCUT2D eigenvalue weighted by atomic mass is 9.93. The summed E-state index contributed by atoms with van der Waals surface area (Å²) < 4.78 is 14.0. The maximum Gasteiger partial charge on any atom is 0.278 e. The fraction of sp³-hybridized carbons (Fsp3) is 0.160. The van der Waals surface area contributed by atoms with Crippen LogP contribution in [-0.2, 0) is 6.42 Å². The zero-order valence-corrected chi connectivity index (χ0v) is 17.2. The molecule has 0 saturated heterocycles. The molecule has 2 N–H and O–H groups in total. The molecule has 0 heterocycles. The Bertz CT molecular complexity index is 1170. The molecule has 0 atom stereocenters. The van der Waals surface area contributed by atoms with Crippen LogP contribution in [0, 0.1) is 12.7 Å². The molecular formula is C25H23FN2O2. The van der Waals surface area contributed by atoms with E-state index in [1.165, 1.54) is 19.1 Å². The molecule has 0 aromatic heterocycles. The Labute approximate surface area is 175 Å². The average molecular weight is 402 g/mol. The van der Waals surface area contributed by atoms with Gasteiger partial charge in [-0.25, -0.2) is 4.39 Å². The van der Waals surface area contributed by atoms with Crippen LogP contribution >= 0.6 is 0 Å². The first-order valence-corrected chi connectivity index (χ1v) is 9.70. The van der Waals surface area contributed by atoms with Crippen molar-refractivity contribution in [2.24, 2.45) is 10.7 Å². The number of ketones is 1. The van der Waals surface area contributed by atoms with Crippen molar-refractivity contribution in [3.8, 4) is 11.1 Å². The van der Waals surface area contributed by atoms with E-state index in [1.54, 1.807) is 6.07 Å². The van der Waals surface area contributed by atoms with Crippen molar-refractivity contribution >= 4 is 17.5 Å². The number of nitrogens with zero attached hydrogens (tertiary/aromatic N) is 1. The maximum absolute atomic E-state index is 14.0. The molecule has 0 bridgehead atoms. The maximum atomic E-state index is 14.0. The molecule has 0 radical (unpaired) electrons. The minimum Gasteiger partial charge on any atom is -0.383 e. The number of nitrogens with two attached hydrogens (primary N) is 1. The van der Waals surface area contributed by atoms with Crippen molar-refractivity contribution in [2.75, 3.05) is 0 Å². The summed E-state index contributed by atoms with van der Waals surface area (Å²) in [5.74, 6) is -1.68. The second-order valence-electron chi connectivity index (χ2n) is 7.09. The third-order valence-electron chi connectivity index (χ3n) is 5.03. The van der Waals surface area contributed by atoms with E-state index >= 15 is 0 Å². The predicted molar refractivity (Wildman–Crippen MR) is 117 cm³/mol. The summed E-state index contributed by atoms with van der Waals surface area (Å²) in [6, 6.07) is 17.5. The molecule has 0 spiro atoms. The van der Waals surface area contributed by atoms with Crippen LogP contribution in [0.25, 0.3) is 11.1 Å². The van der Waals surface area contributed by atoms with Crippen molar-refractivity contribution in [1.82, 2.24) is 0 Å². The molecular weight excluding hydrogens is 379 g/mol. The lowest BCUT2D eigenvalue weighted by Crippen LogP contribution is -2.17. The zero-order chi connectivity index (χ0) is 21.8. The Morgan fingerprint density at radius 2 is 1.67 bits per heavy atom. The molecule has 0 saturated carbocycles. The SMILES string of the molecule is CCc1cc(C(=O)N=C(N)c2ccc(C(C)=O)c(F)c2)ccc1-c1ccccc1C. The van der Waals surface area contributed by atoms with Gasteiger partial charge in [0.2, 0.25) is 0 Å². The van der Waals surface area contributed by atoms with Crippen molar-refractivity contribution in [2.45, 2.75) is 27.2 Å². The number of aryl methyl sites for hydroxylation is 2. The van der Waals surface area contributed by atoms with Crippen LogP contribution in [0.5, 0.6) is 0 Å². The summed E-state index contributed by atoms with van der Waals surface area (Å²) in [6.45, 7) is 5.36. The van der Waals surface area contributed by atoms with E-state index in [1.807, 2.05) is 31.2 Å². The van der Waals surface area contributed by atoms with Gasteiger partial charge in [-0.1, -0.05) is 43.3 Å². The summed E-state index contributed by atoms with van der Waals surface area (Å²) >= 11 is 0. The number of rotatable bonds is 5. The van der Waals surface area contributed by atoms with Crippen molar-refractivity contribution in [1.29, 1.82) is 0 Å². The van der Waals surface area contributed by atoms with Gasteiger partial charge in [0.1, 0.15) is 11.7 Å². The number of amidine groups is 1. The predicted octanol–water partition coefficient (Wildman–Crippen LogP) is 5.11. The number of aliphatic imine (C=N–C) groups is 1. The van der Waals surface area contributed by atoms with E-state index in [2.05, 4.69) is 24.0 Å². The van der Waals surface area contributed by atoms with Crippen molar-refractivity contribution in [3.05, 3.63) is 94.3 Å². The van der Waals surface area contributed by atoms with Gasteiger partial charge < -0.3 is 5.73 Å². The number of carbonyl (C=O) groups is 2. The molecule has 152 valence electrons. The molecule has 0 aliphatic rings. The third-order valence-corrected chi connectivity index (χ3v) is 5.03. The van der Waals surface area contributed by atoms with E-state index in [0.29, 0.717) is 5.56 Å². The summed E-state index contributed by atoms with van der Waals surface area (Å²) in [4.78, 5) is 28.0. The molecule has 0 fully saturated rings. The van der Waals surface area contributed by atoms with Crippen LogP contribution in [0.2, 0.25) is 0 Å². The quantitative estimate of drug-likeness (QED) is 0.366. The minimum absolute atomic E-state index is 0.0303. The molecule has 30 heavy (non-hydrogen) atoms. The van der Waals surface area contributed by atoms with Gasteiger partial charge in [-0.15, -0.1) is 0 Å². The molecule has 1 amide bonds. The number of amides is 1. The van der Waals surface area contributed by atoms with E-state index < -0.39 is 11.7 Å². The van der Waals surface area contributed by atoms with Gasteiger partial charge in [-0.3, -0.25) is 9.59 Å². The standard InChI is InChI=1S/C25H23FN2O2/c1-4-17-13-19(10-12-22(17)20-8-6-5-7-15(20)2)25(30)28-24(27)18-9-11-21(16(3)29)23(26)14-18/h5-14H,4H2,1-3H3,(H2,27,28,30). The lowest BCUT2D eigenvalue weighted by molar-refractivity contribution is 0.0996. The number of carbonyl (C=O) groups excluding carboxylic acids is 2. The van der Waals surface area contributed by atoms with Crippen LogP contribution in [0.4, 0.5) is 4.39 Å². The fourth-order valence-electron chi connectivity index (χ4n) is 3.36. The highest BCUT2D eigenvalue weighted by Gasteiger charge is 2.13. The number of Topliss-reactive ketones (excluding diaryl/α,β-unsaturated/α-hetero) is 1.